The van der Waals surface area contributed by atoms with Gasteiger partial charge in [-0.3, -0.25) is 19.2 Å². The Balaban J connectivity index is 1.47. The number of amides is 2. The van der Waals surface area contributed by atoms with Crippen LogP contribution in [-0.2, 0) is 36.1 Å². The maximum absolute atomic E-state index is 13.7. The number of piperidine rings is 1. The maximum Gasteiger partial charge on any atom is 0.223 e. The van der Waals surface area contributed by atoms with Crippen molar-refractivity contribution in [1.82, 2.24) is 24.6 Å². The van der Waals surface area contributed by atoms with E-state index in [1.165, 1.54) is 0 Å². The van der Waals surface area contributed by atoms with Gasteiger partial charge in [0.25, 0.3) is 0 Å². The minimum Gasteiger partial charge on any atom is -0.337 e. The van der Waals surface area contributed by atoms with E-state index in [0.29, 0.717) is 38.5 Å². The number of hydrogen-bond acceptors (Lipinski definition) is 6. The van der Waals surface area contributed by atoms with Crippen molar-refractivity contribution >= 4 is 28.8 Å². The number of fused-ring (bicyclic) bond motifs is 3. The first-order valence-electron chi connectivity index (χ1n) is 13.2. The van der Waals surface area contributed by atoms with Crippen LogP contribution in [0, 0.1) is 0 Å². The van der Waals surface area contributed by atoms with E-state index in [1.54, 1.807) is 22.9 Å². The van der Waals surface area contributed by atoms with Crippen molar-refractivity contribution in [2.75, 3.05) is 18.0 Å². The van der Waals surface area contributed by atoms with Gasteiger partial charge in [-0.2, -0.15) is 5.10 Å². The summed E-state index contributed by atoms with van der Waals surface area (Å²) in [4.78, 5) is 37.6. The fraction of sp³-hybridized carbons (Fsp3) is 0.500. The van der Waals surface area contributed by atoms with Crippen molar-refractivity contribution in [1.29, 1.82) is 0 Å². The van der Waals surface area contributed by atoms with E-state index in [9.17, 15) is 9.59 Å². The molecule has 2 bridgehead atoms. The molecule has 0 spiro atoms. The van der Waals surface area contributed by atoms with E-state index in [1.807, 2.05) is 59.0 Å². The predicted molar refractivity (Wildman–Crippen MR) is 145 cm³/mol. The second-order valence-corrected chi connectivity index (χ2v) is 11.2. The highest BCUT2D eigenvalue weighted by molar-refractivity contribution is 7.09. The van der Waals surface area contributed by atoms with E-state index in [0.717, 1.165) is 54.0 Å². The first kappa shape index (κ1) is 25.6. The Labute approximate surface area is 222 Å². The number of hydrogen-bond donors (Lipinski definition) is 0. The van der Waals surface area contributed by atoms with Crippen molar-refractivity contribution in [3.63, 3.8) is 0 Å². The molecule has 2 atom stereocenters. The Kier molecular flexibility index (Phi) is 8.00. The topological polar surface area (TPSA) is 74.6 Å². The minimum atomic E-state index is 0.0417. The molecule has 0 N–H and O–H groups in total. The lowest BCUT2D eigenvalue weighted by Crippen LogP contribution is -2.52. The van der Waals surface area contributed by atoms with Crippen LogP contribution in [0.5, 0.6) is 0 Å². The number of thiazole rings is 1. The van der Waals surface area contributed by atoms with Gasteiger partial charge in [0.05, 0.1) is 12.7 Å². The van der Waals surface area contributed by atoms with Crippen LogP contribution in [0.1, 0.15) is 55.2 Å². The summed E-state index contributed by atoms with van der Waals surface area (Å²) in [5.74, 6) is 0.184. The largest absolute Gasteiger partial charge is 0.337 e. The molecule has 2 aromatic heterocycles. The molecule has 5 rings (SSSR count). The van der Waals surface area contributed by atoms with E-state index >= 15 is 0 Å². The molecular weight excluding hydrogens is 484 g/mol. The van der Waals surface area contributed by atoms with Crippen LogP contribution in [0.15, 0.2) is 48.2 Å². The van der Waals surface area contributed by atoms with Crippen molar-refractivity contribution in [3.8, 4) is 0 Å². The molecule has 1 aromatic carbocycles. The summed E-state index contributed by atoms with van der Waals surface area (Å²) in [6.07, 6.45) is 11.0. The molecule has 2 aliphatic heterocycles. The summed E-state index contributed by atoms with van der Waals surface area (Å²) in [7, 11) is 1.90. The Hall–Kier alpha value is -3.04. The second kappa shape index (κ2) is 11.6. The minimum absolute atomic E-state index is 0.0417. The highest BCUT2D eigenvalue weighted by Crippen LogP contribution is 2.32. The molecule has 0 aliphatic carbocycles. The fourth-order valence-electron chi connectivity index (χ4n) is 5.83. The normalized spacial score (nSPS) is 20.8. The molecule has 2 unspecified atom stereocenters. The first-order valence-corrected chi connectivity index (χ1v) is 14.1. The zero-order valence-electron chi connectivity index (χ0n) is 21.8. The Bertz CT molecular complexity index is 1210. The van der Waals surface area contributed by atoms with Gasteiger partial charge in [0, 0.05) is 75.6 Å². The molecule has 37 heavy (non-hydrogen) atoms. The van der Waals surface area contributed by atoms with Gasteiger partial charge in [-0.25, -0.2) is 4.98 Å². The van der Waals surface area contributed by atoms with Gasteiger partial charge >= 0.3 is 0 Å². The van der Waals surface area contributed by atoms with E-state index in [-0.39, 0.29) is 17.9 Å². The lowest BCUT2D eigenvalue weighted by atomic mass is 9.92. The maximum atomic E-state index is 13.7. The standard InChI is InChI=1S/C28H36N6O2S/c1-21(35)33-14-12-24-7-5-8-25(34(24)20-27-29-13-15-37-27)19-32(18-23-6-3-4-9-26(23)33)28(36)11-10-22-16-30-31(2)17-22/h3-4,6,9,13,15-17,24-25H,5,7-8,10-12,14,18-20H2,1-2H3. The molecule has 3 aromatic rings. The number of nitrogens with zero attached hydrogens (tertiary/aromatic N) is 6. The molecule has 1 fully saturated rings. The van der Waals surface area contributed by atoms with Gasteiger partial charge in [0.15, 0.2) is 0 Å². The molecule has 1 saturated heterocycles. The smallest absolute Gasteiger partial charge is 0.223 e. The van der Waals surface area contributed by atoms with Gasteiger partial charge in [-0.05, 0) is 42.9 Å². The Morgan fingerprint density at radius 2 is 1.97 bits per heavy atom. The summed E-state index contributed by atoms with van der Waals surface area (Å²) in [5, 5.41) is 7.38. The van der Waals surface area contributed by atoms with Crippen LogP contribution < -0.4 is 4.90 Å². The number of carbonyl (C=O) groups is 2. The molecule has 9 heteroatoms. The summed E-state index contributed by atoms with van der Waals surface area (Å²) in [5.41, 5.74) is 3.01. The average molecular weight is 521 g/mol. The fourth-order valence-corrected chi connectivity index (χ4v) is 6.45. The molecule has 2 amide bonds. The zero-order valence-corrected chi connectivity index (χ0v) is 22.6. The monoisotopic (exact) mass is 520 g/mol. The number of rotatable bonds is 5. The van der Waals surface area contributed by atoms with Gasteiger partial charge < -0.3 is 9.80 Å². The Morgan fingerprint density at radius 3 is 2.73 bits per heavy atom. The lowest BCUT2D eigenvalue weighted by Gasteiger charge is -2.43. The predicted octanol–water partition coefficient (Wildman–Crippen LogP) is 4.02. The molecule has 0 radical (unpaired) electrons. The summed E-state index contributed by atoms with van der Waals surface area (Å²) in [6, 6.07) is 8.68. The quantitative estimate of drug-likeness (QED) is 0.508. The van der Waals surface area contributed by atoms with Crippen molar-refractivity contribution in [2.24, 2.45) is 7.05 Å². The molecule has 8 nitrogen and oxygen atoms in total. The van der Waals surface area contributed by atoms with E-state index in [4.69, 9.17) is 0 Å². The highest BCUT2D eigenvalue weighted by Gasteiger charge is 2.35. The summed E-state index contributed by atoms with van der Waals surface area (Å²) >= 11 is 1.68. The third kappa shape index (κ3) is 6.10. The lowest BCUT2D eigenvalue weighted by molar-refractivity contribution is -0.133. The van der Waals surface area contributed by atoms with Crippen molar-refractivity contribution in [3.05, 3.63) is 64.4 Å². The van der Waals surface area contributed by atoms with E-state index in [2.05, 4.69) is 21.0 Å². The zero-order chi connectivity index (χ0) is 25.8. The molecular formula is C28H36N6O2S. The number of benzene rings is 1. The van der Waals surface area contributed by atoms with Crippen LogP contribution in [0.2, 0.25) is 0 Å². The van der Waals surface area contributed by atoms with Gasteiger partial charge in [-0.15, -0.1) is 11.3 Å². The second-order valence-electron chi connectivity index (χ2n) is 10.2. The molecule has 2 aliphatic rings. The van der Waals surface area contributed by atoms with Gasteiger partial charge in [-0.1, -0.05) is 24.6 Å². The molecule has 196 valence electrons. The van der Waals surface area contributed by atoms with Crippen LogP contribution >= 0.6 is 11.3 Å². The van der Waals surface area contributed by atoms with Crippen molar-refractivity contribution < 1.29 is 9.59 Å². The average Bonchev–Trinajstić information content (AvgIpc) is 3.55. The first-order chi connectivity index (χ1) is 18.0. The summed E-state index contributed by atoms with van der Waals surface area (Å²) < 4.78 is 1.78. The summed E-state index contributed by atoms with van der Waals surface area (Å²) in [6.45, 7) is 4.29. The van der Waals surface area contributed by atoms with Gasteiger partial charge in [0.1, 0.15) is 5.01 Å². The highest BCUT2D eigenvalue weighted by atomic mass is 32.1. The number of aromatic nitrogens is 3. The van der Waals surface area contributed by atoms with Crippen LogP contribution in [0.25, 0.3) is 0 Å². The molecule has 4 heterocycles. The van der Waals surface area contributed by atoms with Crippen molar-refractivity contribution in [2.45, 2.75) is 70.6 Å². The number of para-hydroxylation sites is 1. The third-order valence-corrected chi connectivity index (χ3v) is 8.46. The van der Waals surface area contributed by atoms with Gasteiger partial charge in [0.2, 0.25) is 11.8 Å². The van der Waals surface area contributed by atoms with Crippen LogP contribution in [-0.4, -0.2) is 61.6 Å². The van der Waals surface area contributed by atoms with Crippen LogP contribution in [0.3, 0.4) is 0 Å². The van der Waals surface area contributed by atoms with E-state index < -0.39 is 0 Å². The Morgan fingerprint density at radius 1 is 1.14 bits per heavy atom. The number of aryl methyl sites for hydroxylation is 2. The van der Waals surface area contributed by atoms with Crippen LogP contribution in [0.4, 0.5) is 5.69 Å². The third-order valence-electron chi connectivity index (χ3n) is 7.69. The SMILES string of the molecule is CC(=O)N1CCC2CCCC(CN(C(=O)CCc3cnn(C)c3)Cc3ccccc31)N2Cc1nccs1. The number of carbonyl (C=O) groups excluding carboxylic acids is 2. The molecule has 0 saturated carbocycles. The number of anilines is 1.